The highest BCUT2D eigenvalue weighted by Gasteiger charge is 2.21. The van der Waals surface area contributed by atoms with Crippen LogP contribution in [-0.4, -0.2) is 41.8 Å². The Morgan fingerprint density at radius 3 is 2.64 bits per heavy atom. The Morgan fingerprint density at radius 2 is 2.04 bits per heavy atom. The maximum absolute atomic E-state index is 11.8. The molecule has 28 heavy (non-hydrogen) atoms. The van der Waals surface area contributed by atoms with Gasteiger partial charge in [-0.05, 0) is 43.0 Å². The van der Waals surface area contributed by atoms with E-state index in [4.69, 9.17) is 0 Å². The average Bonchev–Trinajstić information content (AvgIpc) is 3.29. The molecule has 0 aliphatic carbocycles. The smallest absolute Gasteiger partial charge is 0.227 e. The molecule has 0 atom stereocenters. The zero-order chi connectivity index (χ0) is 19.1. The van der Waals surface area contributed by atoms with Gasteiger partial charge in [-0.25, -0.2) is 0 Å². The maximum atomic E-state index is 11.8. The normalized spacial score (nSPS) is 14.1. The minimum Gasteiger partial charge on any atom is -0.356 e. The standard InChI is InChI=1S/C20H28N6O.HI/c1-16-13-24-25(15-16)11-4-10-22-20(21-2)23-14-17-6-8-18(9-7-17)26-12-3-5-19(26)27;/h6-9,13,15H,3-5,10-12,14H2,1-2H3,(H2,21,22,23);1H. The molecule has 152 valence electrons. The summed E-state index contributed by atoms with van der Waals surface area (Å²) in [6.07, 6.45) is 6.50. The number of hydrogen-bond donors (Lipinski definition) is 2. The number of nitrogens with zero attached hydrogens (tertiary/aromatic N) is 4. The Balaban J connectivity index is 0.00000280. The first-order valence-electron chi connectivity index (χ1n) is 9.48. The molecule has 0 unspecified atom stereocenters. The number of carbonyl (C=O) groups is 1. The highest BCUT2D eigenvalue weighted by Crippen LogP contribution is 2.21. The van der Waals surface area contributed by atoms with Gasteiger partial charge in [-0.15, -0.1) is 24.0 Å². The lowest BCUT2D eigenvalue weighted by molar-refractivity contribution is -0.117. The molecule has 8 heteroatoms. The third kappa shape index (κ3) is 6.22. The molecule has 1 saturated heterocycles. The number of anilines is 1. The molecule has 3 rings (SSSR count). The SMILES string of the molecule is CN=C(NCCCn1cc(C)cn1)NCc1ccc(N2CCCC2=O)cc1.I. The number of halogens is 1. The number of aryl methyl sites for hydroxylation is 2. The molecule has 1 aliphatic rings. The third-order valence-electron chi connectivity index (χ3n) is 4.62. The van der Waals surface area contributed by atoms with Gasteiger partial charge in [0.1, 0.15) is 0 Å². The Labute approximate surface area is 183 Å². The molecule has 0 radical (unpaired) electrons. The monoisotopic (exact) mass is 496 g/mol. The molecule has 1 amide bonds. The summed E-state index contributed by atoms with van der Waals surface area (Å²) in [6, 6.07) is 8.15. The molecule has 0 spiro atoms. The molecular weight excluding hydrogens is 467 g/mol. The number of amides is 1. The number of aromatic nitrogens is 2. The number of benzene rings is 1. The number of guanidine groups is 1. The van der Waals surface area contributed by atoms with Gasteiger partial charge in [-0.3, -0.25) is 14.5 Å². The van der Waals surface area contributed by atoms with Crippen molar-refractivity contribution in [3.8, 4) is 0 Å². The van der Waals surface area contributed by atoms with Gasteiger partial charge in [0.25, 0.3) is 0 Å². The van der Waals surface area contributed by atoms with Crippen molar-refractivity contribution in [3.63, 3.8) is 0 Å². The summed E-state index contributed by atoms with van der Waals surface area (Å²) < 4.78 is 1.96. The van der Waals surface area contributed by atoms with Crippen LogP contribution in [0.25, 0.3) is 0 Å². The van der Waals surface area contributed by atoms with Crippen LogP contribution in [0.4, 0.5) is 5.69 Å². The summed E-state index contributed by atoms with van der Waals surface area (Å²) in [6.45, 7) is 5.27. The van der Waals surface area contributed by atoms with Gasteiger partial charge in [-0.2, -0.15) is 5.10 Å². The highest BCUT2D eigenvalue weighted by atomic mass is 127. The second-order valence-electron chi connectivity index (χ2n) is 6.80. The number of nitrogens with one attached hydrogen (secondary N) is 2. The van der Waals surface area contributed by atoms with Crippen LogP contribution in [0.1, 0.15) is 30.4 Å². The number of hydrogen-bond acceptors (Lipinski definition) is 3. The summed E-state index contributed by atoms with van der Waals surface area (Å²) in [4.78, 5) is 17.9. The molecule has 2 heterocycles. The van der Waals surface area contributed by atoms with Crippen LogP contribution in [-0.2, 0) is 17.9 Å². The third-order valence-corrected chi connectivity index (χ3v) is 4.62. The van der Waals surface area contributed by atoms with E-state index in [1.54, 1.807) is 7.05 Å². The predicted octanol–water partition coefficient (Wildman–Crippen LogP) is 2.69. The lowest BCUT2D eigenvalue weighted by atomic mass is 10.2. The van der Waals surface area contributed by atoms with E-state index in [1.165, 1.54) is 5.56 Å². The Hall–Kier alpha value is -2.10. The van der Waals surface area contributed by atoms with Crippen molar-refractivity contribution in [1.29, 1.82) is 0 Å². The van der Waals surface area contributed by atoms with Crippen LogP contribution < -0.4 is 15.5 Å². The summed E-state index contributed by atoms with van der Waals surface area (Å²) in [5, 5.41) is 10.9. The van der Waals surface area contributed by atoms with Crippen LogP contribution in [0.5, 0.6) is 0 Å². The van der Waals surface area contributed by atoms with Crippen LogP contribution in [0.15, 0.2) is 41.7 Å². The maximum Gasteiger partial charge on any atom is 0.227 e. The van der Waals surface area contributed by atoms with Gasteiger partial charge in [0.15, 0.2) is 5.96 Å². The highest BCUT2D eigenvalue weighted by molar-refractivity contribution is 14.0. The molecule has 2 N–H and O–H groups in total. The molecule has 1 fully saturated rings. The van der Waals surface area contributed by atoms with E-state index < -0.39 is 0 Å². The van der Waals surface area contributed by atoms with Crippen molar-refractivity contribution in [3.05, 3.63) is 47.8 Å². The van der Waals surface area contributed by atoms with Gasteiger partial charge >= 0.3 is 0 Å². The Bertz CT molecular complexity index is 786. The lowest BCUT2D eigenvalue weighted by Crippen LogP contribution is -2.37. The second kappa shape index (κ2) is 11.0. The molecule has 0 bridgehead atoms. The molecule has 2 aromatic rings. The van der Waals surface area contributed by atoms with Crippen molar-refractivity contribution < 1.29 is 4.79 Å². The summed E-state index contributed by atoms with van der Waals surface area (Å²) >= 11 is 0. The number of carbonyl (C=O) groups excluding carboxylic acids is 1. The Morgan fingerprint density at radius 1 is 1.25 bits per heavy atom. The van der Waals surface area contributed by atoms with Crippen LogP contribution in [0, 0.1) is 6.92 Å². The fourth-order valence-corrected chi connectivity index (χ4v) is 3.16. The molecular formula is C20H29IN6O. The number of rotatable bonds is 7. The van der Waals surface area contributed by atoms with E-state index in [0.29, 0.717) is 13.0 Å². The number of aliphatic imine (C=N–C) groups is 1. The predicted molar refractivity (Wildman–Crippen MR) is 123 cm³/mol. The second-order valence-corrected chi connectivity index (χ2v) is 6.80. The zero-order valence-corrected chi connectivity index (χ0v) is 18.8. The minimum absolute atomic E-state index is 0. The van der Waals surface area contributed by atoms with Gasteiger partial charge in [0, 0.05) is 51.5 Å². The average molecular weight is 496 g/mol. The summed E-state index contributed by atoms with van der Waals surface area (Å²) in [5.74, 6) is 1.00. The van der Waals surface area contributed by atoms with Crippen LogP contribution >= 0.6 is 24.0 Å². The zero-order valence-electron chi connectivity index (χ0n) is 16.5. The first-order chi connectivity index (χ1) is 13.2. The fraction of sp³-hybridized carbons (Fsp3) is 0.450. The Kier molecular flexibility index (Phi) is 8.75. The molecule has 0 saturated carbocycles. The van der Waals surface area contributed by atoms with E-state index in [9.17, 15) is 4.79 Å². The first kappa shape index (κ1) is 22.2. The summed E-state index contributed by atoms with van der Waals surface area (Å²) in [5.41, 5.74) is 3.32. The van der Waals surface area contributed by atoms with Crippen molar-refractivity contribution in [2.75, 3.05) is 25.0 Å². The summed E-state index contributed by atoms with van der Waals surface area (Å²) in [7, 11) is 1.77. The van der Waals surface area contributed by atoms with E-state index in [0.717, 1.165) is 49.7 Å². The largest absolute Gasteiger partial charge is 0.356 e. The van der Waals surface area contributed by atoms with E-state index in [1.807, 2.05) is 41.0 Å². The van der Waals surface area contributed by atoms with Crippen LogP contribution in [0.2, 0.25) is 0 Å². The van der Waals surface area contributed by atoms with Crippen molar-refractivity contribution >= 4 is 41.5 Å². The molecule has 7 nitrogen and oxygen atoms in total. The lowest BCUT2D eigenvalue weighted by Gasteiger charge is -2.16. The van der Waals surface area contributed by atoms with E-state index in [-0.39, 0.29) is 29.9 Å². The van der Waals surface area contributed by atoms with Gasteiger partial charge in [0.05, 0.1) is 6.20 Å². The van der Waals surface area contributed by atoms with Crippen molar-refractivity contribution in [2.24, 2.45) is 4.99 Å². The topological polar surface area (TPSA) is 74.6 Å². The minimum atomic E-state index is 0. The van der Waals surface area contributed by atoms with Gasteiger partial charge in [0.2, 0.25) is 5.91 Å². The molecule has 1 aromatic carbocycles. The van der Waals surface area contributed by atoms with E-state index >= 15 is 0 Å². The van der Waals surface area contributed by atoms with Gasteiger partial charge < -0.3 is 15.5 Å². The molecule has 1 aliphatic heterocycles. The van der Waals surface area contributed by atoms with Crippen molar-refractivity contribution in [1.82, 2.24) is 20.4 Å². The quantitative estimate of drug-likeness (QED) is 0.268. The van der Waals surface area contributed by atoms with Crippen LogP contribution in [0.3, 0.4) is 0 Å². The fourth-order valence-electron chi connectivity index (χ4n) is 3.16. The molecule has 1 aromatic heterocycles. The van der Waals surface area contributed by atoms with E-state index in [2.05, 4.69) is 32.9 Å². The van der Waals surface area contributed by atoms with Crippen molar-refractivity contribution in [2.45, 2.75) is 39.3 Å². The first-order valence-corrected chi connectivity index (χ1v) is 9.48. The van der Waals surface area contributed by atoms with Gasteiger partial charge in [-0.1, -0.05) is 12.1 Å².